The van der Waals surface area contributed by atoms with Gasteiger partial charge in [0, 0.05) is 12.6 Å². The van der Waals surface area contributed by atoms with Gasteiger partial charge in [-0.05, 0) is 82.3 Å². The Morgan fingerprint density at radius 2 is 1.97 bits per heavy atom. The standard InChI is InChI=1S/C25H47N3O2/c1-4-5-6-7-9-19-11-12-23-22(14-19)21(20-10-8-13-26-16-20)15-24(27-23)28(3)17-18(2)25(29)30/h18-24,26-27H,4-17H2,1-3H3,(H,29,30). The van der Waals surface area contributed by atoms with Crippen molar-refractivity contribution < 1.29 is 9.90 Å². The maximum absolute atomic E-state index is 11.4. The topological polar surface area (TPSA) is 64.6 Å². The van der Waals surface area contributed by atoms with Crippen LogP contribution in [0.5, 0.6) is 0 Å². The molecule has 0 aromatic rings. The molecule has 2 heterocycles. The van der Waals surface area contributed by atoms with Crippen LogP contribution in [0.3, 0.4) is 0 Å². The first-order chi connectivity index (χ1) is 14.5. The van der Waals surface area contributed by atoms with Gasteiger partial charge >= 0.3 is 5.97 Å². The fourth-order valence-electron chi connectivity index (χ4n) is 6.58. The summed E-state index contributed by atoms with van der Waals surface area (Å²) in [4.78, 5) is 13.7. The average Bonchev–Trinajstić information content (AvgIpc) is 2.76. The first kappa shape index (κ1) is 24.0. The predicted octanol–water partition coefficient (Wildman–Crippen LogP) is 4.33. The molecule has 3 N–H and O–H groups in total. The number of hydrogen-bond acceptors (Lipinski definition) is 4. The second-order valence-electron chi connectivity index (χ2n) is 10.7. The summed E-state index contributed by atoms with van der Waals surface area (Å²) in [7, 11) is 2.12. The van der Waals surface area contributed by atoms with Crippen molar-refractivity contribution in [2.45, 2.75) is 96.7 Å². The molecule has 174 valence electrons. The lowest BCUT2D eigenvalue weighted by Gasteiger charge is -2.52. The lowest BCUT2D eigenvalue weighted by atomic mass is 9.63. The van der Waals surface area contributed by atoms with Crippen LogP contribution >= 0.6 is 0 Å². The largest absolute Gasteiger partial charge is 0.481 e. The third kappa shape index (κ3) is 6.43. The number of piperidine rings is 2. The fourth-order valence-corrected chi connectivity index (χ4v) is 6.58. The molecule has 5 heteroatoms. The molecule has 7 unspecified atom stereocenters. The fraction of sp³-hybridized carbons (Fsp3) is 0.960. The van der Waals surface area contributed by atoms with E-state index in [4.69, 9.17) is 0 Å². The smallest absolute Gasteiger partial charge is 0.307 e. The predicted molar refractivity (Wildman–Crippen MR) is 123 cm³/mol. The van der Waals surface area contributed by atoms with Gasteiger partial charge in [0.25, 0.3) is 0 Å². The number of hydrogen-bond donors (Lipinski definition) is 3. The molecule has 3 rings (SSSR count). The van der Waals surface area contributed by atoms with E-state index in [9.17, 15) is 9.90 Å². The van der Waals surface area contributed by atoms with E-state index in [0.29, 0.717) is 18.8 Å². The number of unbranched alkanes of at least 4 members (excludes halogenated alkanes) is 3. The zero-order chi connectivity index (χ0) is 21.5. The average molecular weight is 422 g/mol. The zero-order valence-corrected chi connectivity index (χ0v) is 19.7. The molecule has 1 saturated carbocycles. The highest BCUT2D eigenvalue weighted by Crippen LogP contribution is 2.45. The summed E-state index contributed by atoms with van der Waals surface area (Å²) in [6, 6.07) is 0.616. The molecule has 0 radical (unpaired) electrons. The molecule has 0 bridgehead atoms. The maximum Gasteiger partial charge on any atom is 0.307 e. The molecule has 5 nitrogen and oxygen atoms in total. The molecule has 2 saturated heterocycles. The quantitative estimate of drug-likeness (QED) is 0.458. The van der Waals surface area contributed by atoms with Crippen LogP contribution in [0.1, 0.15) is 84.5 Å². The lowest BCUT2D eigenvalue weighted by molar-refractivity contribution is -0.142. The van der Waals surface area contributed by atoms with Crippen LogP contribution < -0.4 is 10.6 Å². The summed E-state index contributed by atoms with van der Waals surface area (Å²) in [5, 5.41) is 17.0. The highest BCUT2D eigenvalue weighted by atomic mass is 16.4. The van der Waals surface area contributed by atoms with Crippen molar-refractivity contribution in [3.8, 4) is 0 Å². The number of rotatable bonds is 10. The van der Waals surface area contributed by atoms with E-state index in [1.54, 1.807) is 0 Å². The number of aliphatic carboxylic acids is 1. The zero-order valence-electron chi connectivity index (χ0n) is 19.7. The van der Waals surface area contributed by atoms with Crippen LogP contribution in [0.2, 0.25) is 0 Å². The molecule has 0 aromatic carbocycles. The van der Waals surface area contributed by atoms with Gasteiger partial charge < -0.3 is 10.4 Å². The molecule has 2 aliphatic heterocycles. The molecule has 3 fully saturated rings. The van der Waals surface area contributed by atoms with Crippen molar-refractivity contribution in [3.05, 3.63) is 0 Å². The summed E-state index contributed by atoms with van der Waals surface area (Å²) in [5.74, 6) is 2.29. The number of carboxylic acids is 1. The Labute approximate surface area is 184 Å². The number of carboxylic acid groups (broad SMARTS) is 1. The second kappa shape index (κ2) is 11.8. The number of nitrogens with one attached hydrogen (secondary N) is 2. The molecule has 30 heavy (non-hydrogen) atoms. The Kier molecular flexibility index (Phi) is 9.46. The normalized spacial score (nSPS) is 35.7. The summed E-state index contributed by atoms with van der Waals surface area (Å²) in [6.45, 7) is 7.11. The van der Waals surface area contributed by atoms with Crippen molar-refractivity contribution in [1.29, 1.82) is 0 Å². The second-order valence-corrected chi connectivity index (χ2v) is 10.7. The Bertz CT molecular complexity index is 523. The van der Waals surface area contributed by atoms with Gasteiger partial charge in [0.2, 0.25) is 0 Å². The molecule has 0 aromatic heterocycles. The van der Waals surface area contributed by atoms with Crippen LogP contribution in [0.4, 0.5) is 0 Å². The SMILES string of the molecule is CCCCCCC1CCC2NC(N(C)CC(C)C(=O)O)CC(C3CCCNC3)C2C1. The number of nitrogens with zero attached hydrogens (tertiary/aromatic N) is 1. The van der Waals surface area contributed by atoms with E-state index in [1.807, 2.05) is 6.92 Å². The number of carbonyl (C=O) groups is 1. The minimum absolute atomic E-state index is 0.317. The van der Waals surface area contributed by atoms with Gasteiger partial charge in [-0.2, -0.15) is 0 Å². The minimum Gasteiger partial charge on any atom is -0.481 e. The summed E-state index contributed by atoms with van der Waals surface area (Å²) < 4.78 is 0. The highest BCUT2D eigenvalue weighted by molar-refractivity contribution is 5.69. The Balaban J connectivity index is 1.64. The van der Waals surface area contributed by atoms with Gasteiger partial charge in [-0.3, -0.25) is 15.0 Å². The van der Waals surface area contributed by atoms with Gasteiger partial charge in [0.1, 0.15) is 0 Å². The van der Waals surface area contributed by atoms with Crippen LogP contribution in [-0.4, -0.2) is 54.9 Å². The summed E-state index contributed by atoms with van der Waals surface area (Å²) in [5.41, 5.74) is 0. The van der Waals surface area contributed by atoms with Gasteiger partial charge in [-0.25, -0.2) is 0 Å². The van der Waals surface area contributed by atoms with Crippen LogP contribution in [0.25, 0.3) is 0 Å². The summed E-state index contributed by atoms with van der Waals surface area (Å²) >= 11 is 0. The van der Waals surface area contributed by atoms with Crippen molar-refractivity contribution in [1.82, 2.24) is 15.5 Å². The molecule has 3 aliphatic rings. The molecular weight excluding hydrogens is 374 g/mol. The van der Waals surface area contributed by atoms with Crippen molar-refractivity contribution in [2.24, 2.45) is 29.6 Å². The van der Waals surface area contributed by atoms with Crippen LogP contribution in [0.15, 0.2) is 0 Å². The van der Waals surface area contributed by atoms with Crippen molar-refractivity contribution >= 4 is 5.97 Å². The molecule has 7 atom stereocenters. The maximum atomic E-state index is 11.4. The Morgan fingerprint density at radius 3 is 2.67 bits per heavy atom. The summed E-state index contributed by atoms with van der Waals surface area (Å²) in [6.07, 6.45) is 15.2. The van der Waals surface area contributed by atoms with E-state index in [-0.39, 0.29) is 5.92 Å². The molecular formula is C25H47N3O2. The van der Waals surface area contributed by atoms with Crippen molar-refractivity contribution in [2.75, 3.05) is 26.7 Å². The van der Waals surface area contributed by atoms with E-state index >= 15 is 0 Å². The lowest BCUT2D eigenvalue weighted by Crippen LogP contribution is -2.61. The molecule has 1 aliphatic carbocycles. The van der Waals surface area contributed by atoms with Gasteiger partial charge in [0.15, 0.2) is 0 Å². The van der Waals surface area contributed by atoms with Gasteiger partial charge in [-0.15, -0.1) is 0 Å². The first-order valence-corrected chi connectivity index (χ1v) is 12.9. The van der Waals surface area contributed by atoms with E-state index in [0.717, 1.165) is 23.7 Å². The highest BCUT2D eigenvalue weighted by Gasteiger charge is 2.44. The minimum atomic E-state index is -0.688. The van der Waals surface area contributed by atoms with Crippen molar-refractivity contribution in [3.63, 3.8) is 0 Å². The Morgan fingerprint density at radius 1 is 1.13 bits per heavy atom. The monoisotopic (exact) mass is 421 g/mol. The van der Waals surface area contributed by atoms with Crippen LogP contribution in [-0.2, 0) is 4.79 Å². The Hall–Kier alpha value is -0.650. The van der Waals surface area contributed by atoms with E-state index < -0.39 is 5.97 Å². The molecule has 0 amide bonds. The third-order valence-electron chi connectivity index (χ3n) is 8.38. The van der Waals surface area contributed by atoms with E-state index in [1.165, 1.54) is 83.7 Å². The molecule has 0 spiro atoms. The van der Waals surface area contributed by atoms with E-state index in [2.05, 4.69) is 29.5 Å². The van der Waals surface area contributed by atoms with Gasteiger partial charge in [0.05, 0.1) is 12.1 Å². The first-order valence-electron chi connectivity index (χ1n) is 12.9. The number of fused-ring (bicyclic) bond motifs is 1. The van der Waals surface area contributed by atoms with Gasteiger partial charge in [-0.1, -0.05) is 46.0 Å². The van der Waals surface area contributed by atoms with Crippen LogP contribution in [0, 0.1) is 29.6 Å². The third-order valence-corrected chi connectivity index (χ3v) is 8.38.